The summed E-state index contributed by atoms with van der Waals surface area (Å²) in [5.41, 5.74) is 0.744. The van der Waals surface area contributed by atoms with Crippen LogP contribution >= 0.6 is 11.6 Å². The normalized spacial score (nSPS) is 22.8. The Hall–Kier alpha value is -0.890. The molecule has 20 heavy (non-hydrogen) atoms. The molecule has 1 aliphatic rings. The summed E-state index contributed by atoms with van der Waals surface area (Å²) >= 11 is 5.98. The van der Waals surface area contributed by atoms with Gasteiger partial charge in [-0.15, -0.1) is 0 Å². The molecule has 110 valence electrons. The topological polar surface area (TPSA) is 17.1 Å². The van der Waals surface area contributed by atoms with Gasteiger partial charge in [0.25, 0.3) is 0 Å². The van der Waals surface area contributed by atoms with E-state index in [9.17, 15) is 9.18 Å². The predicted molar refractivity (Wildman–Crippen MR) is 80.5 cm³/mol. The molecule has 0 spiro atoms. The molecule has 0 heterocycles. The highest BCUT2D eigenvalue weighted by Gasteiger charge is 2.26. The summed E-state index contributed by atoms with van der Waals surface area (Å²) in [6, 6.07) is 4.27. The Bertz CT molecular complexity index is 464. The van der Waals surface area contributed by atoms with Crippen LogP contribution in [0.4, 0.5) is 4.39 Å². The van der Waals surface area contributed by atoms with Crippen LogP contribution in [0.25, 0.3) is 0 Å². The van der Waals surface area contributed by atoms with Crippen molar-refractivity contribution in [3.8, 4) is 0 Å². The van der Waals surface area contributed by atoms with Crippen molar-refractivity contribution < 1.29 is 9.18 Å². The van der Waals surface area contributed by atoms with E-state index in [1.54, 1.807) is 6.07 Å². The molecule has 0 saturated heterocycles. The standard InChI is InChI=1S/C17H22ClFO/c1-2-3-12-4-6-13(7-5-12)17(20)10-14-8-9-15(19)11-16(14)18/h8-9,11-13H,2-7,10H2,1H3. The summed E-state index contributed by atoms with van der Waals surface area (Å²) in [4.78, 5) is 12.3. The van der Waals surface area contributed by atoms with Gasteiger partial charge in [-0.2, -0.15) is 0 Å². The van der Waals surface area contributed by atoms with Gasteiger partial charge in [0, 0.05) is 17.4 Å². The van der Waals surface area contributed by atoms with Crippen LogP contribution in [0.3, 0.4) is 0 Å². The Morgan fingerprint density at radius 3 is 2.60 bits per heavy atom. The molecular formula is C17H22ClFO. The van der Waals surface area contributed by atoms with Gasteiger partial charge in [-0.25, -0.2) is 4.39 Å². The van der Waals surface area contributed by atoms with Crippen LogP contribution in [-0.4, -0.2) is 5.78 Å². The van der Waals surface area contributed by atoms with Crippen LogP contribution in [0.1, 0.15) is 51.0 Å². The molecule has 0 aliphatic heterocycles. The van der Waals surface area contributed by atoms with E-state index >= 15 is 0 Å². The molecular weight excluding hydrogens is 275 g/mol. The minimum atomic E-state index is -0.355. The Labute approximate surface area is 125 Å². The minimum Gasteiger partial charge on any atom is -0.299 e. The molecule has 0 atom stereocenters. The molecule has 1 aromatic carbocycles. The molecule has 1 nitrogen and oxygen atoms in total. The van der Waals surface area contributed by atoms with Crippen molar-refractivity contribution in [2.24, 2.45) is 11.8 Å². The quantitative estimate of drug-likeness (QED) is 0.730. The SMILES string of the molecule is CCCC1CCC(C(=O)Cc2ccc(F)cc2Cl)CC1. The van der Waals surface area contributed by atoms with E-state index in [-0.39, 0.29) is 17.5 Å². The number of benzene rings is 1. The van der Waals surface area contributed by atoms with Crippen molar-refractivity contribution in [2.45, 2.75) is 51.9 Å². The smallest absolute Gasteiger partial charge is 0.140 e. The number of Topliss-reactive ketones (excluding diaryl/α,β-unsaturated/α-hetero) is 1. The van der Waals surface area contributed by atoms with Crippen LogP contribution < -0.4 is 0 Å². The van der Waals surface area contributed by atoms with Gasteiger partial charge < -0.3 is 0 Å². The molecule has 1 fully saturated rings. The van der Waals surface area contributed by atoms with E-state index in [2.05, 4.69) is 6.92 Å². The van der Waals surface area contributed by atoms with Crippen LogP contribution in [0.5, 0.6) is 0 Å². The van der Waals surface area contributed by atoms with Crippen molar-refractivity contribution >= 4 is 17.4 Å². The van der Waals surface area contributed by atoms with Crippen LogP contribution in [0.2, 0.25) is 5.02 Å². The Kier molecular flexibility index (Phi) is 5.59. The number of hydrogen-bond acceptors (Lipinski definition) is 1. The second-order valence-corrected chi connectivity index (χ2v) is 6.29. The molecule has 0 N–H and O–H groups in total. The molecule has 0 bridgehead atoms. The minimum absolute atomic E-state index is 0.171. The Morgan fingerprint density at radius 1 is 1.30 bits per heavy atom. The molecule has 1 aliphatic carbocycles. The van der Waals surface area contributed by atoms with Gasteiger partial charge in [0.2, 0.25) is 0 Å². The summed E-state index contributed by atoms with van der Waals surface area (Å²) in [5.74, 6) is 0.877. The second-order valence-electron chi connectivity index (χ2n) is 5.89. The van der Waals surface area contributed by atoms with E-state index in [1.807, 2.05) is 0 Å². The summed E-state index contributed by atoms with van der Waals surface area (Å²) in [5, 5.41) is 0.359. The van der Waals surface area contributed by atoms with Crippen molar-refractivity contribution in [2.75, 3.05) is 0 Å². The third-order valence-corrected chi connectivity index (χ3v) is 4.73. The first-order chi connectivity index (χ1) is 9.60. The highest BCUT2D eigenvalue weighted by Crippen LogP contribution is 2.33. The molecule has 0 amide bonds. The van der Waals surface area contributed by atoms with Crippen molar-refractivity contribution in [3.05, 3.63) is 34.6 Å². The van der Waals surface area contributed by atoms with Crippen LogP contribution in [0, 0.1) is 17.7 Å². The zero-order chi connectivity index (χ0) is 14.5. The molecule has 2 rings (SSSR count). The molecule has 3 heteroatoms. The number of halogens is 2. The fourth-order valence-corrected chi connectivity index (χ4v) is 3.41. The highest BCUT2D eigenvalue weighted by atomic mass is 35.5. The van der Waals surface area contributed by atoms with Gasteiger partial charge in [-0.3, -0.25) is 4.79 Å². The summed E-state index contributed by atoms with van der Waals surface area (Å²) in [6.07, 6.45) is 7.19. The van der Waals surface area contributed by atoms with Gasteiger partial charge in [-0.1, -0.05) is 37.4 Å². The number of hydrogen-bond donors (Lipinski definition) is 0. The zero-order valence-electron chi connectivity index (χ0n) is 12.0. The molecule has 1 saturated carbocycles. The number of rotatable bonds is 5. The number of ketones is 1. The van der Waals surface area contributed by atoms with Crippen molar-refractivity contribution in [3.63, 3.8) is 0 Å². The molecule has 0 unspecified atom stereocenters. The lowest BCUT2D eigenvalue weighted by Gasteiger charge is -2.27. The Morgan fingerprint density at radius 2 is 2.00 bits per heavy atom. The summed E-state index contributed by atoms with van der Waals surface area (Å²) < 4.78 is 13.0. The van der Waals surface area contributed by atoms with Gasteiger partial charge in [0.1, 0.15) is 11.6 Å². The lowest BCUT2D eigenvalue weighted by atomic mass is 9.77. The van der Waals surface area contributed by atoms with E-state index in [0.717, 1.165) is 24.3 Å². The lowest BCUT2D eigenvalue weighted by Crippen LogP contribution is -2.23. The van der Waals surface area contributed by atoms with Crippen molar-refractivity contribution in [1.82, 2.24) is 0 Å². The van der Waals surface area contributed by atoms with Gasteiger partial charge in [0.15, 0.2) is 0 Å². The largest absolute Gasteiger partial charge is 0.299 e. The highest BCUT2D eigenvalue weighted by molar-refractivity contribution is 6.31. The average Bonchev–Trinajstić information content (AvgIpc) is 2.43. The van der Waals surface area contributed by atoms with E-state index in [1.165, 1.54) is 37.8 Å². The fourth-order valence-electron chi connectivity index (χ4n) is 3.18. The number of carbonyl (C=O) groups is 1. The average molecular weight is 297 g/mol. The monoisotopic (exact) mass is 296 g/mol. The summed E-state index contributed by atoms with van der Waals surface area (Å²) in [6.45, 7) is 2.22. The predicted octanol–water partition coefficient (Wildman–Crippen LogP) is 5.20. The Balaban J connectivity index is 1.89. The van der Waals surface area contributed by atoms with E-state index < -0.39 is 0 Å². The molecule has 1 aromatic rings. The first-order valence-electron chi connectivity index (χ1n) is 7.56. The second kappa shape index (κ2) is 7.21. The molecule has 0 aromatic heterocycles. The third-order valence-electron chi connectivity index (χ3n) is 4.38. The third kappa shape index (κ3) is 4.05. The van der Waals surface area contributed by atoms with E-state index in [0.29, 0.717) is 11.4 Å². The summed E-state index contributed by atoms with van der Waals surface area (Å²) in [7, 11) is 0. The van der Waals surface area contributed by atoms with E-state index in [4.69, 9.17) is 11.6 Å². The zero-order valence-corrected chi connectivity index (χ0v) is 12.8. The van der Waals surface area contributed by atoms with Crippen LogP contribution in [0.15, 0.2) is 18.2 Å². The maximum atomic E-state index is 13.0. The first-order valence-corrected chi connectivity index (χ1v) is 7.94. The maximum Gasteiger partial charge on any atom is 0.140 e. The van der Waals surface area contributed by atoms with Crippen LogP contribution in [-0.2, 0) is 11.2 Å². The molecule has 0 radical (unpaired) electrons. The first kappa shape index (κ1) is 15.5. The fraction of sp³-hybridized carbons (Fsp3) is 0.588. The number of carbonyl (C=O) groups excluding carboxylic acids is 1. The van der Waals surface area contributed by atoms with Gasteiger partial charge in [0.05, 0.1) is 0 Å². The maximum absolute atomic E-state index is 13.0. The van der Waals surface area contributed by atoms with Gasteiger partial charge in [-0.05, 0) is 49.3 Å². The van der Waals surface area contributed by atoms with Gasteiger partial charge >= 0.3 is 0 Å². The lowest BCUT2D eigenvalue weighted by molar-refractivity contribution is -0.123. The van der Waals surface area contributed by atoms with Crippen molar-refractivity contribution in [1.29, 1.82) is 0 Å².